The number of aromatic nitrogens is 2. The molecule has 0 saturated carbocycles. The maximum Gasteiger partial charge on any atom is 0.240 e. The van der Waals surface area contributed by atoms with E-state index >= 15 is 0 Å². The molecule has 4 nitrogen and oxygen atoms in total. The number of imidazole rings is 1. The number of fused-ring (bicyclic) bond motifs is 1. The third kappa shape index (κ3) is 3.67. The molecule has 1 heterocycles. The molecule has 0 spiro atoms. The molecule has 0 atom stereocenters. The van der Waals surface area contributed by atoms with Gasteiger partial charge in [-0.05, 0) is 23.3 Å². The Morgan fingerprint density at radius 3 is 2.07 bits per heavy atom. The van der Waals surface area contributed by atoms with E-state index < -0.39 is 0 Å². The van der Waals surface area contributed by atoms with Crippen molar-refractivity contribution in [2.75, 3.05) is 0 Å². The number of carbonyl (C=O) groups excluding carboxylic acids is 1. The van der Waals surface area contributed by atoms with Gasteiger partial charge < -0.3 is 9.88 Å². The van der Waals surface area contributed by atoms with E-state index in [0.29, 0.717) is 0 Å². The third-order valence-corrected chi connectivity index (χ3v) is 4.92. The fourth-order valence-corrected chi connectivity index (χ4v) is 3.57. The van der Waals surface area contributed by atoms with Gasteiger partial charge >= 0.3 is 0 Å². The van der Waals surface area contributed by atoms with Crippen molar-refractivity contribution < 1.29 is 4.79 Å². The number of para-hydroxylation sites is 2. The van der Waals surface area contributed by atoms with Crippen LogP contribution in [0.2, 0.25) is 0 Å². The van der Waals surface area contributed by atoms with E-state index in [1.807, 2.05) is 89.5 Å². The lowest BCUT2D eigenvalue weighted by Gasteiger charge is -2.20. The maximum absolute atomic E-state index is 13.0. The van der Waals surface area contributed by atoms with Crippen molar-refractivity contribution in [3.63, 3.8) is 0 Å². The minimum absolute atomic E-state index is 0.0319. The highest BCUT2D eigenvalue weighted by molar-refractivity contribution is 5.81. The number of benzene rings is 3. The van der Waals surface area contributed by atoms with Gasteiger partial charge in [0.15, 0.2) is 0 Å². The van der Waals surface area contributed by atoms with Crippen molar-refractivity contribution >= 4 is 16.9 Å². The number of carbonyl (C=O) groups is 1. The van der Waals surface area contributed by atoms with Crippen molar-refractivity contribution in [3.8, 4) is 0 Å². The topological polar surface area (TPSA) is 46.9 Å². The number of rotatable bonds is 6. The predicted molar refractivity (Wildman–Crippen MR) is 112 cm³/mol. The summed E-state index contributed by atoms with van der Waals surface area (Å²) >= 11 is 0. The number of aryl methyl sites for hydroxylation is 1. The van der Waals surface area contributed by atoms with Gasteiger partial charge in [0.1, 0.15) is 12.4 Å². The first-order valence-corrected chi connectivity index (χ1v) is 9.59. The first-order valence-electron chi connectivity index (χ1n) is 9.59. The fraction of sp³-hybridized carbons (Fsp3) is 0.167. The third-order valence-electron chi connectivity index (χ3n) is 4.92. The van der Waals surface area contributed by atoms with Gasteiger partial charge in [-0.1, -0.05) is 79.7 Å². The Morgan fingerprint density at radius 1 is 0.893 bits per heavy atom. The monoisotopic (exact) mass is 369 g/mol. The molecular weight excluding hydrogens is 346 g/mol. The summed E-state index contributed by atoms with van der Waals surface area (Å²) in [7, 11) is 0. The van der Waals surface area contributed by atoms with Crippen LogP contribution in [0.5, 0.6) is 0 Å². The van der Waals surface area contributed by atoms with Gasteiger partial charge in [-0.3, -0.25) is 4.79 Å². The van der Waals surface area contributed by atoms with Crippen LogP contribution in [-0.4, -0.2) is 15.5 Å². The van der Waals surface area contributed by atoms with E-state index in [2.05, 4.69) is 17.2 Å². The molecule has 140 valence electrons. The van der Waals surface area contributed by atoms with Crippen molar-refractivity contribution in [2.45, 2.75) is 25.9 Å². The Morgan fingerprint density at radius 2 is 1.46 bits per heavy atom. The Balaban J connectivity index is 1.63. The molecule has 1 N–H and O–H groups in total. The maximum atomic E-state index is 13.0. The van der Waals surface area contributed by atoms with Crippen LogP contribution in [0.3, 0.4) is 0 Å². The van der Waals surface area contributed by atoms with Gasteiger partial charge in [0, 0.05) is 6.42 Å². The summed E-state index contributed by atoms with van der Waals surface area (Å²) in [5.74, 6) is 0.892. The van der Waals surface area contributed by atoms with Crippen LogP contribution in [0.1, 0.15) is 29.9 Å². The van der Waals surface area contributed by atoms with Crippen molar-refractivity contribution in [3.05, 3.63) is 102 Å². The molecule has 0 fully saturated rings. The number of amides is 1. The molecule has 4 rings (SSSR count). The summed E-state index contributed by atoms with van der Waals surface area (Å²) in [6.07, 6.45) is 0.781. The van der Waals surface area contributed by atoms with E-state index in [1.165, 1.54) is 0 Å². The summed E-state index contributed by atoms with van der Waals surface area (Å²) < 4.78 is 2.01. The number of nitrogens with zero attached hydrogens (tertiary/aromatic N) is 2. The Bertz CT molecular complexity index is 1030. The average molecular weight is 369 g/mol. The molecule has 0 saturated heterocycles. The molecule has 28 heavy (non-hydrogen) atoms. The molecule has 0 aliphatic carbocycles. The van der Waals surface area contributed by atoms with E-state index in [-0.39, 0.29) is 18.5 Å². The second-order valence-electron chi connectivity index (χ2n) is 6.78. The minimum Gasteiger partial charge on any atom is -0.344 e. The summed E-state index contributed by atoms with van der Waals surface area (Å²) in [4.78, 5) is 17.7. The van der Waals surface area contributed by atoms with Gasteiger partial charge in [-0.2, -0.15) is 0 Å². The molecule has 1 aromatic heterocycles. The van der Waals surface area contributed by atoms with Crippen LogP contribution in [0.25, 0.3) is 11.0 Å². The second kappa shape index (κ2) is 8.09. The van der Waals surface area contributed by atoms with Gasteiger partial charge in [-0.25, -0.2) is 4.98 Å². The molecule has 0 aliphatic rings. The van der Waals surface area contributed by atoms with E-state index in [1.54, 1.807) is 0 Å². The lowest BCUT2D eigenvalue weighted by atomic mass is 9.99. The molecule has 1 amide bonds. The summed E-state index contributed by atoms with van der Waals surface area (Å²) in [6.45, 7) is 2.31. The summed E-state index contributed by atoms with van der Waals surface area (Å²) in [6, 6.07) is 27.9. The lowest BCUT2D eigenvalue weighted by Crippen LogP contribution is -2.32. The summed E-state index contributed by atoms with van der Waals surface area (Å²) in [5.41, 5.74) is 4.04. The molecule has 0 unspecified atom stereocenters. The van der Waals surface area contributed by atoms with Crippen LogP contribution < -0.4 is 5.32 Å². The van der Waals surface area contributed by atoms with Crippen LogP contribution in [0, 0.1) is 0 Å². The highest BCUT2D eigenvalue weighted by atomic mass is 16.2. The van der Waals surface area contributed by atoms with Gasteiger partial charge in [-0.15, -0.1) is 0 Å². The van der Waals surface area contributed by atoms with E-state index in [9.17, 15) is 4.79 Å². The Hall–Kier alpha value is -3.40. The zero-order valence-electron chi connectivity index (χ0n) is 15.9. The van der Waals surface area contributed by atoms with E-state index in [0.717, 1.165) is 34.4 Å². The Labute approximate surface area is 164 Å². The van der Waals surface area contributed by atoms with Gasteiger partial charge in [0.2, 0.25) is 5.91 Å². The fourth-order valence-electron chi connectivity index (χ4n) is 3.57. The first-order chi connectivity index (χ1) is 13.8. The van der Waals surface area contributed by atoms with E-state index in [4.69, 9.17) is 0 Å². The first kappa shape index (κ1) is 18.0. The SMILES string of the molecule is CCc1nc2ccccc2n1CC(=O)NC(c1ccccc1)c1ccccc1. The molecular formula is C24H23N3O. The van der Waals surface area contributed by atoms with Crippen molar-refractivity contribution in [2.24, 2.45) is 0 Å². The highest BCUT2D eigenvalue weighted by Gasteiger charge is 2.18. The number of hydrogen-bond donors (Lipinski definition) is 1. The van der Waals surface area contributed by atoms with Crippen LogP contribution in [0.4, 0.5) is 0 Å². The highest BCUT2D eigenvalue weighted by Crippen LogP contribution is 2.22. The molecule has 4 heteroatoms. The Kier molecular flexibility index (Phi) is 5.20. The zero-order valence-corrected chi connectivity index (χ0v) is 15.9. The molecule has 0 radical (unpaired) electrons. The smallest absolute Gasteiger partial charge is 0.240 e. The van der Waals surface area contributed by atoms with Crippen molar-refractivity contribution in [1.29, 1.82) is 0 Å². The van der Waals surface area contributed by atoms with Crippen LogP contribution in [-0.2, 0) is 17.8 Å². The number of nitrogens with one attached hydrogen (secondary N) is 1. The standard InChI is InChI=1S/C24H23N3O/c1-2-22-25-20-15-9-10-16-21(20)27(22)17-23(28)26-24(18-11-5-3-6-12-18)19-13-7-4-8-14-19/h3-16,24H,2,17H2,1H3,(H,26,28). The van der Waals surface area contributed by atoms with Crippen LogP contribution in [0.15, 0.2) is 84.9 Å². The van der Waals surface area contributed by atoms with Crippen LogP contribution >= 0.6 is 0 Å². The average Bonchev–Trinajstić information content (AvgIpc) is 3.11. The number of hydrogen-bond acceptors (Lipinski definition) is 2. The predicted octanol–water partition coefficient (Wildman–Crippen LogP) is 4.50. The largest absolute Gasteiger partial charge is 0.344 e. The lowest BCUT2D eigenvalue weighted by molar-refractivity contribution is -0.122. The normalized spacial score (nSPS) is 11.1. The molecule has 0 aliphatic heterocycles. The van der Waals surface area contributed by atoms with Gasteiger partial charge in [0.05, 0.1) is 17.1 Å². The van der Waals surface area contributed by atoms with Gasteiger partial charge in [0.25, 0.3) is 0 Å². The minimum atomic E-state index is -0.185. The molecule has 0 bridgehead atoms. The quantitative estimate of drug-likeness (QED) is 0.544. The zero-order chi connectivity index (χ0) is 19.3. The molecule has 4 aromatic rings. The molecule has 3 aromatic carbocycles. The summed E-state index contributed by atoms with van der Waals surface area (Å²) in [5, 5.41) is 3.22. The van der Waals surface area contributed by atoms with Crippen molar-refractivity contribution in [1.82, 2.24) is 14.9 Å². The second-order valence-corrected chi connectivity index (χ2v) is 6.78.